The Labute approximate surface area is 106 Å². The zero-order valence-electron chi connectivity index (χ0n) is 9.63. The topological polar surface area (TPSA) is 9.23 Å². The molecule has 4 heteroatoms. The van der Waals surface area contributed by atoms with Crippen molar-refractivity contribution < 1.29 is 9.13 Å². The van der Waals surface area contributed by atoms with Crippen LogP contribution >= 0.6 is 11.6 Å². The fourth-order valence-electron chi connectivity index (χ4n) is 1.75. The molecule has 0 bridgehead atoms. The van der Waals surface area contributed by atoms with Gasteiger partial charge in [0.1, 0.15) is 19.4 Å². The first-order valence-electron chi connectivity index (χ1n) is 5.22. The van der Waals surface area contributed by atoms with Gasteiger partial charge in [0.25, 0.3) is 0 Å². The molecule has 0 aromatic heterocycles. The summed E-state index contributed by atoms with van der Waals surface area (Å²) in [5, 5.41) is 0.585. The van der Waals surface area contributed by atoms with Gasteiger partial charge < -0.3 is 4.74 Å². The van der Waals surface area contributed by atoms with E-state index in [4.69, 9.17) is 16.3 Å². The Morgan fingerprint density at radius 3 is 2.65 bits per heavy atom. The van der Waals surface area contributed by atoms with E-state index in [1.807, 2.05) is 13.9 Å². The van der Waals surface area contributed by atoms with E-state index >= 15 is 0 Å². The lowest BCUT2D eigenvalue weighted by molar-refractivity contribution is 0.417. The molecular weight excluding hydrogens is 237 g/mol. The van der Waals surface area contributed by atoms with Gasteiger partial charge in [0.2, 0.25) is 0 Å². The van der Waals surface area contributed by atoms with E-state index in [9.17, 15) is 4.39 Å². The lowest BCUT2D eigenvalue weighted by atomic mass is 9.92. The summed E-state index contributed by atoms with van der Waals surface area (Å²) < 4.78 is 19.1. The van der Waals surface area contributed by atoms with E-state index in [1.54, 1.807) is 31.4 Å². The summed E-state index contributed by atoms with van der Waals surface area (Å²) in [6.45, 7) is 0. The van der Waals surface area contributed by atoms with Crippen LogP contribution < -0.4 is 10.2 Å². The first-order chi connectivity index (χ1) is 8.11. The van der Waals surface area contributed by atoms with Gasteiger partial charge in [-0.05, 0) is 35.3 Å². The standard InChI is InChI=1S/C13H11BClFO/c1-17-13-6-10(12(16)7-11(13)14)8-3-2-4-9(15)5-8/h2-7H,14H2,1H3. The van der Waals surface area contributed by atoms with Crippen LogP contribution in [0.5, 0.6) is 5.75 Å². The monoisotopic (exact) mass is 248 g/mol. The number of methoxy groups -OCH3 is 1. The summed E-state index contributed by atoms with van der Waals surface area (Å²) in [5.41, 5.74) is 2.01. The Balaban J connectivity index is 2.59. The maximum atomic E-state index is 13.9. The van der Waals surface area contributed by atoms with Gasteiger partial charge in [-0.1, -0.05) is 23.7 Å². The highest BCUT2D eigenvalue weighted by Gasteiger charge is 2.09. The Bertz CT molecular complexity index is 557. The third-order valence-corrected chi connectivity index (χ3v) is 2.86. The van der Waals surface area contributed by atoms with Gasteiger partial charge in [0.15, 0.2) is 0 Å². The van der Waals surface area contributed by atoms with Gasteiger partial charge in [-0.3, -0.25) is 0 Å². The predicted molar refractivity (Wildman–Crippen MR) is 71.6 cm³/mol. The van der Waals surface area contributed by atoms with Crippen LogP contribution in [0.15, 0.2) is 36.4 Å². The minimum absolute atomic E-state index is 0.273. The molecule has 0 radical (unpaired) electrons. The fourth-order valence-corrected chi connectivity index (χ4v) is 1.94. The lowest BCUT2D eigenvalue weighted by Crippen LogP contribution is -2.08. The molecule has 0 fully saturated rings. The zero-order valence-corrected chi connectivity index (χ0v) is 10.4. The van der Waals surface area contributed by atoms with Crippen molar-refractivity contribution in [3.63, 3.8) is 0 Å². The normalized spacial score (nSPS) is 10.3. The van der Waals surface area contributed by atoms with Crippen LogP contribution in [0.1, 0.15) is 0 Å². The molecule has 0 N–H and O–H groups in total. The second kappa shape index (κ2) is 4.80. The molecule has 2 aromatic rings. The first kappa shape index (κ1) is 12.0. The molecule has 2 aromatic carbocycles. The number of hydrogen-bond acceptors (Lipinski definition) is 1. The molecule has 2 rings (SSSR count). The highest BCUT2D eigenvalue weighted by Crippen LogP contribution is 2.27. The molecule has 17 heavy (non-hydrogen) atoms. The van der Waals surface area contributed by atoms with E-state index < -0.39 is 0 Å². The highest BCUT2D eigenvalue weighted by atomic mass is 35.5. The van der Waals surface area contributed by atoms with E-state index in [1.165, 1.54) is 6.07 Å². The zero-order chi connectivity index (χ0) is 12.4. The average Bonchev–Trinajstić information content (AvgIpc) is 2.29. The lowest BCUT2D eigenvalue weighted by Gasteiger charge is -2.10. The fraction of sp³-hybridized carbons (Fsp3) is 0.0769. The molecule has 0 atom stereocenters. The molecule has 0 amide bonds. The number of rotatable bonds is 2. The van der Waals surface area contributed by atoms with Crippen LogP contribution in [0.4, 0.5) is 4.39 Å². The molecule has 0 saturated heterocycles. The summed E-state index contributed by atoms with van der Waals surface area (Å²) in [4.78, 5) is 0. The second-order valence-corrected chi connectivity index (χ2v) is 4.25. The van der Waals surface area contributed by atoms with Gasteiger partial charge in [0.05, 0.1) is 7.11 Å². The number of halogens is 2. The maximum Gasteiger partial charge on any atom is 0.144 e. The molecule has 0 heterocycles. The van der Waals surface area contributed by atoms with E-state index in [2.05, 4.69) is 0 Å². The van der Waals surface area contributed by atoms with Crippen LogP contribution in [-0.4, -0.2) is 15.0 Å². The number of ether oxygens (including phenoxy) is 1. The van der Waals surface area contributed by atoms with Crippen molar-refractivity contribution >= 4 is 24.9 Å². The van der Waals surface area contributed by atoms with E-state index in [-0.39, 0.29) is 5.82 Å². The van der Waals surface area contributed by atoms with Gasteiger partial charge in [-0.2, -0.15) is 0 Å². The van der Waals surface area contributed by atoms with Gasteiger partial charge in [-0.15, -0.1) is 0 Å². The van der Waals surface area contributed by atoms with Crippen LogP contribution in [0.25, 0.3) is 11.1 Å². The van der Waals surface area contributed by atoms with Crippen LogP contribution in [0, 0.1) is 5.82 Å². The number of hydrogen-bond donors (Lipinski definition) is 0. The Morgan fingerprint density at radius 2 is 2.00 bits per heavy atom. The largest absolute Gasteiger partial charge is 0.497 e. The Hall–Kier alpha value is -1.48. The summed E-state index contributed by atoms with van der Waals surface area (Å²) in [6, 6.07) is 10.3. The van der Waals surface area contributed by atoms with E-state index in [0.29, 0.717) is 16.3 Å². The molecule has 0 saturated carbocycles. The smallest absolute Gasteiger partial charge is 0.144 e. The molecule has 0 spiro atoms. The minimum atomic E-state index is -0.273. The summed E-state index contributed by atoms with van der Waals surface area (Å²) in [7, 11) is 3.38. The molecule has 0 aliphatic carbocycles. The molecule has 1 nitrogen and oxygen atoms in total. The quantitative estimate of drug-likeness (QED) is 0.742. The molecule has 86 valence electrons. The van der Waals surface area contributed by atoms with E-state index in [0.717, 1.165) is 11.0 Å². The molecule has 0 aliphatic rings. The third kappa shape index (κ3) is 2.45. The maximum absolute atomic E-state index is 13.9. The van der Waals surface area contributed by atoms with Crippen molar-refractivity contribution in [1.82, 2.24) is 0 Å². The first-order valence-corrected chi connectivity index (χ1v) is 5.59. The summed E-state index contributed by atoms with van der Waals surface area (Å²) in [6.07, 6.45) is 0. The molecule has 0 unspecified atom stereocenters. The average molecular weight is 248 g/mol. The predicted octanol–water partition coefficient (Wildman–Crippen LogP) is 2.41. The number of benzene rings is 2. The van der Waals surface area contributed by atoms with Crippen molar-refractivity contribution in [2.75, 3.05) is 7.11 Å². The van der Waals surface area contributed by atoms with Crippen LogP contribution in [-0.2, 0) is 0 Å². The van der Waals surface area contributed by atoms with Crippen LogP contribution in [0.2, 0.25) is 5.02 Å². The second-order valence-electron chi connectivity index (χ2n) is 3.81. The van der Waals surface area contributed by atoms with Crippen molar-refractivity contribution in [2.45, 2.75) is 0 Å². The van der Waals surface area contributed by atoms with Gasteiger partial charge in [-0.25, -0.2) is 4.39 Å². The summed E-state index contributed by atoms with van der Waals surface area (Å²) in [5.74, 6) is 0.395. The molecular formula is C13H11BClFO. The molecule has 0 aliphatic heterocycles. The van der Waals surface area contributed by atoms with Crippen molar-refractivity contribution in [1.29, 1.82) is 0 Å². The Morgan fingerprint density at radius 1 is 1.24 bits per heavy atom. The van der Waals surface area contributed by atoms with Crippen molar-refractivity contribution in [2.24, 2.45) is 0 Å². The highest BCUT2D eigenvalue weighted by molar-refractivity contribution is 6.34. The van der Waals surface area contributed by atoms with Gasteiger partial charge >= 0.3 is 0 Å². The van der Waals surface area contributed by atoms with Crippen molar-refractivity contribution in [3.05, 3.63) is 47.2 Å². The summed E-state index contributed by atoms with van der Waals surface area (Å²) >= 11 is 5.90. The minimum Gasteiger partial charge on any atom is -0.497 e. The Kier molecular flexibility index (Phi) is 3.39. The van der Waals surface area contributed by atoms with Gasteiger partial charge in [0, 0.05) is 10.6 Å². The van der Waals surface area contributed by atoms with Crippen molar-refractivity contribution in [3.8, 4) is 16.9 Å². The third-order valence-electron chi connectivity index (χ3n) is 2.62. The SMILES string of the molecule is Bc1cc(F)c(-c2cccc(Cl)c2)cc1OC. The van der Waals surface area contributed by atoms with Crippen LogP contribution in [0.3, 0.4) is 0 Å².